The van der Waals surface area contributed by atoms with E-state index in [1.54, 1.807) is 23.0 Å². The Morgan fingerprint density at radius 3 is 2.62 bits per heavy atom. The van der Waals surface area contributed by atoms with Crippen LogP contribution >= 0.6 is 23.1 Å². The van der Waals surface area contributed by atoms with Crippen LogP contribution in [-0.4, -0.2) is 21.2 Å². The van der Waals surface area contributed by atoms with Crippen LogP contribution < -0.4 is 10.9 Å². The molecule has 2 heterocycles. The van der Waals surface area contributed by atoms with E-state index in [-0.39, 0.29) is 17.2 Å². The van der Waals surface area contributed by atoms with Crippen molar-refractivity contribution in [3.63, 3.8) is 0 Å². The number of nitrogens with one attached hydrogen (secondary N) is 1. The lowest BCUT2D eigenvalue weighted by molar-refractivity contribution is -0.113. The van der Waals surface area contributed by atoms with Gasteiger partial charge in [-0.25, -0.2) is 4.98 Å². The average Bonchev–Trinajstić information content (AvgIpc) is 3.04. The molecule has 0 spiro atoms. The first-order chi connectivity index (χ1) is 13.8. The van der Waals surface area contributed by atoms with Crippen molar-refractivity contribution in [3.05, 3.63) is 49.6 Å². The molecule has 5 nitrogen and oxygen atoms in total. The third-order valence-electron chi connectivity index (χ3n) is 5.43. The van der Waals surface area contributed by atoms with E-state index in [2.05, 4.69) is 17.4 Å². The molecular formula is C22H25N3O2S2. The standard InChI is InChI=1S/C22H25N3O2S2/c1-12-9-13(2)19(14(3)10-12)23-17(26)11-28-22-24-20-18(21(27)25(22)4)15-7-5-6-8-16(15)29-20/h9-10H,5-8,11H2,1-4H3,(H,23,26). The Labute approximate surface area is 178 Å². The van der Waals surface area contributed by atoms with E-state index in [9.17, 15) is 9.59 Å². The van der Waals surface area contributed by atoms with E-state index >= 15 is 0 Å². The molecule has 0 saturated heterocycles. The molecule has 1 amide bonds. The van der Waals surface area contributed by atoms with E-state index < -0.39 is 0 Å². The molecule has 7 heteroatoms. The summed E-state index contributed by atoms with van der Waals surface area (Å²) >= 11 is 2.95. The fourth-order valence-electron chi connectivity index (χ4n) is 4.08. The Balaban J connectivity index is 1.55. The molecule has 29 heavy (non-hydrogen) atoms. The first-order valence-corrected chi connectivity index (χ1v) is 11.7. The first-order valence-electron chi connectivity index (χ1n) is 9.87. The number of nitrogens with zero attached hydrogens (tertiary/aromatic N) is 2. The fraction of sp³-hybridized carbons (Fsp3) is 0.409. The molecule has 1 N–H and O–H groups in total. The zero-order chi connectivity index (χ0) is 20.7. The summed E-state index contributed by atoms with van der Waals surface area (Å²) in [7, 11) is 1.75. The molecule has 2 aromatic heterocycles. The number of aromatic nitrogens is 2. The lowest BCUT2D eigenvalue weighted by Gasteiger charge is -2.13. The zero-order valence-electron chi connectivity index (χ0n) is 17.2. The second-order valence-corrected chi connectivity index (χ2v) is 9.79. The minimum atomic E-state index is -0.0927. The summed E-state index contributed by atoms with van der Waals surface area (Å²) in [6.45, 7) is 6.05. The summed E-state index contributed by atoms with van der Waals surface area (Å²) < 4.78 is 1.59. The zero-order valence-corrected chi connectivity index (χ0v) is 18.9. The van der Waals surface area contributed by atoms with Gasteiger partial charge in [-0.3, -0.25) is 14.2 Å². The van der Waals surface area contributed by atoms with Crippen LogP contribution in [0.15, 0.2) is 22.1 Å². The van der Waals surface area contributed by atoms with Gasteiger partial charge in [0.05, 0.1) is 11.1 Å². The second-order valence-electron chi connectivity index (χ2n) is 7.76. The number of hydrogen-bond acceptors (Lipinski definition) is 5. The number of anilines is 1. The molecule has 0 fully saturated rings. The number of thioether (sulfide) groups is 1. The van der Waals surface area contributed by atoms with Crippen molar-refractivity contribution < 1.29 is 4.79 Å². The highest BCUT2D eigenvalue weighted by Crippen LogP contribution is 2.34. The second kappa shape index (κ2) is 7.95. The Hall–Kier alpha value is -2.12. The molecule has 1 aliphatic rings. The molecule has 1 aromatic carbocycles. The summed E-state index contributed by atoms with van der Waals surface area (Å²) in [6, 6.07) is 4.13. The van der Waals surface area contributed by atoms with Crippen LogP contribution in [0.4, 0.5) is 5.69 Å². The molecule has 4 rings (SSSR count). The highest BCUT2D eigenvalue weighted by molar-refractivity contribution is 7.99. The third kappa shape index (κ3) is 3.85. The van der Waals surface area contributed by atoms with E-state index in [0.29, 0.717) is 5.16 Å². The van der Waals surface area contributed by atoms with Gasteiger partial charge >= 0.3 is 0 Å². The molecule has 3 aromatic rings. The normalized spacial score (nSPS) is 13.5. The molecule has 0 atom stereocenters. The lowest BCUT2D eigenvalue weighted by Crippen LogP contribution is -2.22. The van der Waals surface area contributed by atoms with Gasteiger partial charge in [-0.15, -0.1) is 11.3 Å². The van der Waals surface area contributed by atoms with Crippen LogP contribution in [-0.2, 0) is 24.7 Å². The Morgan fingerprint density at radius 2 is 1.90 bits per heavy atom. The van der Waals surface area contributed by atoms with Crippen LogP contribution in [0.25, 0.3) is 10.2 Å². The Morgan fingerprint density at radius 1 is 1.21 bits per heavy atom. The SMILES string of the molecule is Cc1cc(C)c(NC(=O)CSc2nc3sc4c(c3c(=O)n2C)CCCC4)c(C)c1. The van der Waals surface area contributed by atoms with Crippen LogP contribution in [0.1, 0.15) is 40.0 Å². The molecule has 0 unspecified atom stereocenters. The van der Waals surface area contributed by atoms with Crippen LogP contribution in [0.3, 0.4) is 0 Å². The predicted molar refractivity (Wildman–Crippen MR) is 122 cm³/mol. The van der Waals surface area contributed by atoms with Gasteiger partial charge in [0.1, 0.15) is 4.83 Å². The maximum absolute atomic E-state index is 13.0. The van der Waals surface area contributed by atoms with Gasteiger partial charge < -0.3 is 5.32 Å². The monoisotopic (exact) mass is 427 g/mol. The average molecular weight is 428 g/mol. The molecule has 152 valence electrons. The molecule has 1 aliphatic carbocycles. The van der Waals surface area contributed by atoms with Crippen molar-refractivity contribution in [3.8, 4) is 0 Å². The minimum Gasteiger partial charge on any atom is -0.325 e. The number of aryl methyl sites for hydroxylation is 5. The largest absolute Gasteiger partial charge is 0.325 e. The number of carbonyl (C=O) groups is 1. The molecule has 0 aliphatic heterocycles. The molecule has 0 radical (unpaired) electrons. The van der Waals surface area contributed by atoms with Gasteiger partial charge in [-0.2, -0.15) is 0 Å². The lowest BCUT2D eigenvalue weighted by atomic mass is 9.97. The fourth-order valence-corrected chi connectivity index (χ4v) is 6.15. The maximum Gasteiger partial charge on any atom is 0.262 e. The van der Waals surface area contributed by atoms with Gasteiger partial charge in [0.2, 0.25) is 5.91 Å². The minimum absolute atomic E-state index is 0.00234. The van der Waals surface area contributed by atoms with Crippen LogP contribution in [0.2, 0.25) is 0 Å². The number of carbonyl (C=O) groups excluding carboxylic acids is 1. The van der Waals surface area contributed by atoms with E-state index in [1.165, 1.54) is 34.2 Å². The Kier molecular flexibility index (Phi) is 5.53. The quantitative estimate of drug-likeness (QED) is 0.491. The van der Waals surface area contributed by atoms with E-state index in [4.69, 9.17) is 4.98 Å². The third-order valence-corrected chi connectivity index (χ3v) is 7.64. The van der Waals surface area contributed by atoms with Gasteiger partial charge in [0.15, 0.2) is 5.16 Å². The first kappa shape index (κ1) is 20.2. The number of benzene rings is 1. The smallest absolute Gasteiger partial charge is 0.262 e. The van der Waals surface area contributed by atoms with Crippen molar-refractivity contribution >= 4 is 44.9 Å². The van der Waals surface area contributed by atoms with Crippen molar-refractivity contribution in [2.45, 2.75) is 51.6 Å². The van der Waals surface area contributed by atoms with Gasteiger partial charge in [-0.1, -0.05) is 29.5 Å². The number of hydrogen-bond donors (Lipinski definition) is 1. The van der Waals surface area contributed by atoms with Crippen molar-refractivity contribution in [1.82, 2.24) is 9.55 Å². The number of rotatable bonds is 4. The summed E-state index contributed by atoms with van der Waals surface area (Å²) in [4.78, 5) is 32.4. The molecule has 0 saturated carbocycles. The number of thiophene rings is 1. The summed E-state index contributed by atoms with van der Waals surface area (Å²) in [5, 5.41) is 4.39. The Bertz CT molecular complexity index is 1150. The predicted octanol–water partition coefficient (Wildman–Crippen LogP) is 4.53. The number of fused-ring (bicyclic) bond motifs is 3. The van der Waals surface area contributed by atoms with Crippen LogP contribution in [0, 0.1) is 20.8 Å². The summed E-state index contributed by atoms with van der Waals surface area (Å²) in [5.74, 6) is 0.119. The van der Waals surface area contributed by atoms with Gasteiger partial charge in [0.25, 0.3) is 5.56 Å². The molecular weight excluding hydrogens is 402 g/mol. The van der Waals surface area contributed by atoms with Crippen molar-refractivity contribution in [2.24, 2.45) is 7.05 Å². The number of amides is 1. The van der Waals surface area contributed by atoms with E-state index in [0.717, 1.165) is 46.3 Å². The van der Waals surface area contributed by atoms with Gasteiger partial charge in [-0.05, 0) is 63.1 Å². The van der Waals surface area contributed by atoms with Crippen molar-refractivity contribution in [1.29, 1.82) is 0 Å². The topological polar surface area (TPSA) is 64.0 Å². The highest BCUT2D eigenvalue weighted by atomic mass is 32.2. The van der Waals surface area contributed by atoms with Crippen LogP contribution in [0.5, 0.6) is 0 Å². The molecule has 0 bridgehead atoms. The highest BCUT2D eigenvalue weighted by Gasteiger charge is 2.21. The van der Waals surface area contributed by atoms with Gasteiger partial charge in [0, 0.05) is 17.6 Å². The summed E-state index contributed by atoms with van der Waals surface area (Å²) in [6.07, 6.45) is 4.33. The van der Waals surface area contributed by atoms with Crippen molar-refractivity contribution in [2.75, 3.05) is 11.1 Å². The maximum atomic E-state index is 13.0. The van der Waals surface area contributed by atoms with E-state index in [1.807, 2.05) is 20.8 Å². The summed E-state index contributed by atoms with van der Waals surface area (Å²) in [5.41, 5.74) is 5.35.